The number of imidazole rings is 1. The van der Waals surface area contributed by atoms with Gasteiger partial charge in [0.05, 0.1) is 6.04 Å². The highest BCUT2D eigenvalue weighted by Crippen LogP contribution is 2.24. The molecular formula is C16H26N6O2. The summed E-state index contributed by atoms with van der Waals surface area (Å²) in [5.74, 6) is 0.960. The maximum Gasteiger partial charge on any atom is 0.318 e. The Bertz CT molecular complexity index is 615. The van der Waals surface area contributed by atoms with Crippen LogP contribution >= 0.6 is 0 Å². The molecule has 3 rings (SSSR count). The van der Waals surface area contributed by atoms with E-state index >= 15 is 0 Å². The number of likely N-dealkylation sites (tertiary alicyclic amines) is 1. The molecule has 8 nitrogen and oxygen atoms in total. The molecule has 2 atom stereocenters. The molecule has 8 heteroatoms. The maximum absolute atomic E-state index is 12.6. The van der Waals surface area contributed by atoms with Crippen LogP contribution in [0, 0.1) is 0 Å². The molecule has 2 aliphatic heterocycles. The highest BCUT2D eigenvalue weighted by Gasteiger charge is 2.35. The number of aryl methyl sites for hydroxylation is 1. The van der Waals surface area contributed by atoms with Crippen LogP contribution in [0.5, 0.6) is 0 Å². The zero-order valence-corrected chi connectivity index (χ0v) is 14.6. The lowest BCUT2D eigenvalue weighted by Gasteiger charge is -2.40. The number of carbonyl (C=O) groups is 2. The van der Waals surface area contributed by atoms with Crippen molar-refractivity contribution < 1.29 is 9.59 Å². The van der Waals surface area contributed by atoms with Crippen molar-refractivity contribution in [2.45, 2.75) is 25.4 Å². The maximum atomic E-state index is 12.6. The van der Waals surface area contributed by atoms with E-state index in [0.29, 0.717) is 26.1 Å². The van der Waals surface area contributed by atoms with Crippen LogP contribution in [-0.2, 0) is 11.8 Å². The summed E-state index contributed by atoms with van der Waals surface area (Å²) < 4.78 is 2.00. The molecule has 0 unspecified atom stereocenters. The van der Waals surface area contributed by atoms with E-state index < -0.39 is 6.04 Å². The van der Waals surface area contributed by atoms with Crippen molar-refractivity contribution in [2.75, 3.05) is 39.8 Å². The van der Waals surface area contributed by atoms with Gasteiger partial charge in [-0.2, -0.15) is 0 Å². The Morgan fingerprint density at radius 2 is 2.12 bits per heavy atom. The molecule has 0 radical (unpaired) electrons. The van der Waals surface area contributed by atoms with Gasteiger partial charge in [-0.25, -0.2) is 9.78 Å². The van der Waals surface area contributed by atoms with Crippen molar-refractivity contribution >= 4 is 11.9 Å². The zero-order chi connectivity index (χ0) is 17.3. The summed E-state index contributed by atoms with van der Waals surface area (Å²) in [7, 11) is 3.74. The van der Waals surface area contributed by atoms with Crippen LogP contribution in [0.3, 0.4) is 0 Å². The van der Waals surface area contributed by atoms with E-state index in [0.717, 1.165) is 18.9 Å². The molecule has 1 aromatic heterocycles. The van der Waals surface area contributed by atoms with Gasteiger partial charge in [0.15, 0.2) is 0 Å². The van der Waals surface area contributed by atoms with E-state index in [-0.39, 0.29) is 18.0 Å². The number of amides is 3. The van der Waals surface area contributed by atoms with Crippen LogP contribution in [0.1, 0.15) is 25.2 Å². The van der Waals surface area contributed by atoms with E-state index in [4.69, 9.17) is 0 Å². The fourth-order valence-electron chi connectivity index (χ4n) is 3.52. The molecule has 2 aliphatic rings. The Morgan fingerprint density at radius 1 is 1.33 bits per heavy atom. The third-order valence-electron chi connectivity index (χ3n) is 5.07. The molecule has 2 saturated heterocycles. The second-order valence-electron chi connectivity index (χ2n) is 6.54. The molecule has 0 aliphatic carbocycles. The monoisotopic (exact) mass is 334 g/mol. The molecular weight excluding hydrogens is 308 g/mol. The average Bonchev–Trinajstić information content (AvgIpc) is 3.14. The smallest absolute Gasteiger partial charge is 0.318 e. The number of rotatable bonds is 3. The highest BCUT2D eigenvalue weighted by molar-refractivity contribution is 5.88. The average molecular weight is 334 g/mol. The van der Waals surface area contributed by atoms with Gasteiger partial charge in [0.1, 0.15) is 11.9 Å². The molecule has 0 bridgehead atoms. The van der Waals surface area contributed by atoms with Crippen LogP contribution in [0.4, 0.5) is 4.79 Å². The molecule has 1 aromatic rings. The number of likely N-dealkylation sites (N-methyl/N-ethyl adjacent to an activating group) is 2. The van der Waals surface area contributed by atoms with Gasteiger partial charge in [-0.1, -0.05) is 6.92 Å². The lowest BCUT2D eigenvalue weighted by molar-refractivity contribution is -0.128. The van der Waals surface area contributed by atoms with Crippen molar-refractivity contribution in [1.82, 2.24) is 29.6 Å². The fourth-order valence-corrected chi connectivity index (χ4v) is 3.52. The minimum atomic E-state index is -0.390. The first-order valence-corrected chi connectivity index (χ1v) is 8.53. The molecule has 24 heavy (non-hydrogen) atoms. The second-order valence-corrected chi connectivity index (χ2v) is 6.54. The first kappa shape index (κ1) is 16.8. The Kier molecular flexibility index (Phi) is 4.75. The minimum Gasteiger partial charge on any atom is -0.344 e. The number of piperazine rings is 1. The first-order valence-electron chi connectivity index (χ1n) is 8.53. The number of nitrogens with one attached hydrogen (secondary N) is 1. The number of hydrogen-bond acceptors (Lipinski definition) is 4. The molecule has 0 spiro atoms. The van der Waals surface area contributed by atoms with E-state index in [9.17, 15) is 9.59 Å². The third-order valence-corrected chi connectivity index (χ3v) is 5.07. The standard InChI is InChI=1S/C16H26N6O2/c1-4-21-9-10-22(11-13(21)14-17-6-8-19(14)2)16(24)18-12-5-7-20(3)15(12)23/h6,8,12-13H,4-5,7,9-11H2,1-3H3,(H,18,24)/t12-,13+/m1/s1. The third kappa shape index (κ3) is 3.10. The molecule has 0 saturated carbocycles. The number of hydrogen-bond donors (Lipinski definition) is 1. The van der Waals surface area contributed by atoms with Crippen molar-refractivity contribution in [3.05, 3.63) is 18.2 Å². The second kappa shape index (κ2) is 6.80. The van der Waals surface area contributed by atoms with Crippen LogP contribution in [0.25, 0.3) is 0 Å². The quantitative estimate of drug-likeness (QED) is 0.847. The SMILES string of the molecule is CCN1CCN(C(=O)N[C@@H]2CCN(C)C2=O)C[C@H]1c1nccn1C. The number of urea groups is 1. The molecule has 132 valence electrons. The van der Waals surface area contributed by atoms with E-state index in [1.807, 2.05) is 17.8 Å². The predicted octanol–water partition coefficient (Wildman–Crippen LogP) is 0.0390. The topological polar surface area (TPSA) is 73.7 Å². The van der Waals surface area contributed by atoms with Gasteiger partial charge in [-0.05, 0) is 13.0 Å². The van der Waals surface area contributed by atoms with E-state index in [1.165, 1.54) is 0 Å². The fraction of sp³-hybridized carbons (Fsp3) is 0.688. The Morgan fingerprint density at radius 3 is 2.71 bits per heavy atom. The van der Waals surface area contributed by atoms with Crippen LogP contribution in [-0.4, -0.2) is 82.0 Å². The lowest BCUT2D eigenvalue weighted by atomic mass is 10.1. The molecule has 0 aromatic carbocycles. The van der Waals surface area contributed by atoms with Crippen molar-refractivity contribution in [3.8, 4) is 0 Å². The van der Waals surface area contributed by atoms with Gasteiger partial charge in [-0.15, -0.1) is 0 Å². The van der Waals surface area contributed by atoms with Gasteiger partial charge in [0.2, 0.25) is 5.91 Å². The largest absolute Gasteiger partial charge is 0.344 e. The number of carbonyl (C=O) groups excluding carboxylic acids is 2. The summed E-state index contributed by atoms with van der Waals surface area (Å²) >= 11 is 0. The Labute approximate surface area is 142 Å². The number of aromatic nitrogens is 2. The van der Waals surface area contributed by atoms with Gasteiger partial charge in [0.25, 0.3) is 0 Å². The van der Waals surface area contributed by atoms with Gasteiger partial charge >= 0.3 is 6.03 Å². The van der Waals surface area contributed by atoms with E-state index in [1.54, 1.807) is 23.0 Å². The molecule has 1 N–H and O–H groups in total. The first-order chi connectivity index (χ1) is 11.5. The van der Waals surface area contributed by atoms with Crippen molar-refractivity contribution in [2.24, 2.45) is 7.05 Å². The highest BCUT2D eigenvalue weighted by atomic mass is 16.2. The Hall–Kier alpha value is -2.09. The summed E-state index contributed by atoms with van der Waals surface area (Å²) in [4.78, 5) is 34.8. The number of nitrogens with zero attached hydrogens (tertiary/aromatic N) is 5. The minimum absolute atomic E-state index is 0.00352. The normalized spacial score (nSPS) is 25.4. The molecule has 2 fully saturated rings. The predicted molar refractivity (Wildman–Crippen MR) is 89.3 cm³/mol. The van der Waals surface area contributed by atoms with Gasteiger partial charge in [-0.3, -0.25) is 9.69 Å². The van der Waals surface area contributed by atoms with Crippen molar-refractivity contribution in [3.63, 3.8) is 0 Å². The summed E-state index contributed by atoms with van der Waals surface area (Å²) in [5.41, 5.74) is 0. The summed E-state index contributed by atoms with van der Waals surface area (Å²) in [5, 5.41) is 2.89. The van der Waals surface area contributed by atoms with Crippen molar-refractivity contribution in [1.29, 1.82) is 0 Å². The zero-order valence-electron chi connectivity index (χ0n) is 14.6. The van der Waals surface area contributed by atoms with Gasteiger partial charge in [0, 0.05) is 52.7 Å². The van der Waals surface area contributed by atoms with Crippen LogP contribution in [0.15, 0.2) is 12.4 Å². The molecule has 3 amide bonds. The van der Waals surface area contributed by atoms with E-state index in [2.05, 4.69) is 22.1 Å². The summed E-state index contributed by atoms with van der Waals surface area (Å²) in [6.45, 7) is 5.79. The Balaban J connectivity index is 1.67. The molecule has 3 heterocycles. The van der Waals surface area contributed by atoms with Crippen LogP contribution < -0.4 is 5.32 Å². The summed E-state index contributed by atoms with van der Waals surface area (Å²) in [6.07, 6.45) is 4.39. The van der Waals surface area contributed by atoms with Gasteiger partial charge < -0.3 is 19.7 Å². The lowest BCUT2D eigenvalue weighted by Crippen LogP contribution is -2.55. The van der Waals surface area contributed by atoms with Crippen LogP contribution in [0.2, 0.25) is 0 Å². The summed E-state index contributed by atoms with van der Waals surface area (Å²) in [6, 6.07) is -0.464.